The molecular formula is C15H28O3. The second kappa shape index (κ2) is 5.60. The van der Waals surface area contributed by atoms with Gasteiger partial charge in [-0.25, -0.2) is 0 Å². The van der Waals surface area contributed by atoms with E-state index in [1.807, 2.05) is 0 Å². The lowest BCUT2D eigenvalue weighted by molar-refractivity contribution is -0.155. The third-order valence-corrected chi connectivity index (χ3v) is 4.67. The lowest BCUT2D eigenvalue weighted by atomic mass is 9.75. The second-order valence-electron chi connectivity index (χ2n) is 6.84. The Bertz CT molecular complexity index is 293. The topological polar surface area (TPSA) is 46.5 Å². The molecule has 1 fully saturated rings. The first-order chi connectivity index (χ1) is 8.20. The summed E-state index contributed by atoms with van der Waals surface area (Å²) in [6.45, 7) is 8.55. The van der Waals surface area contributed by atoms with E-state index in [1.54, 1.807) is 6.92 Å². The van der Waals surface area contributed by atoms with Crippen molar-refractivity contribution < 1.29 is 14.6 Å². The summed E-state index contributed by atoms with van der Waals surface area (Å²) in [5.41, 5.74) is -0.604. The fourth-order valence-corrected chi connectivity index (χ4v) is 3.04. The van der Waals surface area contributed by atoms with Gasteiger partial charge in [-0.3, -0.25) is 4.79 Å². The predicted octanol–water partition coefficient (Wildman–Crippen LogP) is 3.15. The van der Waals surface area contributed by atoms with E-state index in [0.29, 0.717) is 18.8 Å². The number of rotatable bonds is 2. The highest BCUT2D eigenvalue weighted by Gasteiger charge is 2.41. The molecule has 1 aliphatic rings. The van der Waals surface area contributed by atoms with E-state index in [4.69, 9.17) is 4.74 Å². The summed E-state index contributed by atoms with van der Waals surface area (Å²) < 4.78 is 4.77. The van der Waals surface area contributed by atoms with Crippen LogP contribution in [0.25, 0.3) is 0 Å². The Morgan fingerprint density at radius 2 is 1.94 bits per heavy atom. The molecule has 3 heteroatoms. The number of carbonyl (C=O) groups excluding carboxylic acids is 1. The first-order valence-electron chi connectivity index (χ1n) is 7.01. The molecule has 0 bridgehead atoms. The van der Waals surface area contributed by atoms with E-state index in [0.717, 1.165) is 19.3 Å². The Morgan fingerprint density at radius 3 is 2.44 bits per heavy atom. The maximum Gasteiger partial charge on any atom is 0.311 e. The van der Waals surface area contributed by atoms with Gasteiger partial charge in [-0.2, -0.15) is 0 Å². The number of methoxy groups -OCH3 is 1. The molecule has 1 N–H and O–H groups in total. The quantitative estimate of drug-likeness (QED) is 0.610. The van der Waals surface area contributed by atoms with Crippen LogP contribution in [0.5, 0.6) is 0 Å². The van der Waals surface area contributed by atoms with Crippen molar-refractivity contribution in [2.75, 3.05) is 7.11 Å². The molecule has 0 aromatic carbocycles. The molecule has 1 saturated carbocycles. The number of esters is 1. The molecule has 3 unspecified atom stereocenters. The van der Waals surface area contributed by atoms with E-state index in [9.17, 15) is 9.90 Å². The first kappa shape index (κ1) is 15.5. The zero-order valence-corrected chi connectivity index (χ0v) is 12.5. The van der Waals surface area contributed by atoms with Gasteiger partial charge in [0.2, 0.25) is 0 Å². The van der Waals surface area contributed by atoms with Crippen molar-refractivity contribution in [1.29, 1.82) is 0 Å². The lowest BCUT2D eigenvalue weighted by Gasteiger charge is -2.33. The highest BCUT2D eigenvalue weighted by molar-refractivity contribution is 5.73. The molecule has 3 atom stereocenters. The highest BCUT2D eigenvalue weighted by Crippen LogP contribution is 2.42. The predicted molar refractivity (Wildman–Crippen MR) is 72.2 cm³/mol. The Labute approximate surface area is 111 Å². The number of carbonyl (C=O) groups is 1. The Kier molecular flexibility index (Phi) is 4.82. The molecule has 0 aromatic rings. The average molecular weight is 256 g/mol. The van der Waals surface area contributed by atoms with Crippen molar-refractivity contribution in [1.82, 2.24) is 0 Å². The van der Waals surface area contributed by atoms with Gasteiger partial charge in [-0.15, -0.1) is 0 Å². The van der Waals surface area contributed by atoms with Crippen molar-refractivity contribution in [2.45, 2.75) is 65.4 Å². The molecule has 106 valence electrons. The van der Waals surface area contributed by atoms with E-state index in [-0.39, 0.29) is 11.4 Å². The Balaban J connectivity index is 2.73. The van der Waals surface area contributed by atoms with Crippen molar-refractivity contribution in [3.05, 3.63) is 0 Å². The molecule has 1 aliphatic carbocycles. The summed E-state index contributed by atoms with van der Waals surface area (Å²) in [6.07, 6.45) is 4.52. The van der Waals surface area contributed by atoms with Gasteiger partial charge in [0.1, 0.15) is 0 Å². The minimum atomic E-state index is -0.882. The molecular weight excluding hydrogens is 228 g/mol. The van der Waals surface area contributed by atoms with Crippen LogP contribution in [0, 0.1) is 17.3 Å². The summed E-state index contributed by atoms with van der Waals surface area (Å²) in [6, 6.07) is 0. The fraction of sp³-hybridized carbons (Fsp3) is 0.933. The summed E-state index contributed by atoms with van der Waals surface area (Å²) >= 11 is 0. The molecule has 0 aromatic heterocycles. The van der Waals surface area contributed by atoms with Crippen LogP contribution in [0.15, 0.2) is 0 Å². The van der Waals surface area contributed by atoms with Crippen molar-refractivity contribution in [3.63, 3.8) is 0 Å². The maximum absolute atomic E-state index is 11.6. The first-order valence-corrected chi connectivity index (χ1v) is 7.01. The zero-order chi connectivity index (χ0) is 14.0. The van der Waals surface area contributed by atoms with Crippen LogP contribution in [0.4, 0.5) is 0 Å². The fourth-order valence-electron chi connectivity index (χ4n) is 3.04. The van der Waals surface area contributed by atoms with Crippen LogP contribution < -0.4 is 0 Å². The van der Waals surface area contributed by atoms with E-state index in [1.165, 1.54) is 7.11 Å². The monoisotopic (exact) mass is 256 g/mol. The molecule has 18 heavy (non-hydrogen) atoms. The highest BCUT2D eigenvalue weighted by atomic mass is 16.5. The van der Waals surface area contributed by atoms with Crippen LogP contribution in [-0.2, 0) is 9.53 Å². The minimum absolute atomic E-state index is 0.278. The largest absolute Gasteiger partial charge is 0.469 e. The smallest absolute Gasteiger partial charge is 0.311 e. The van der Waals surface area contributed by atoms with Gasteiger partial charge in [-0.1, -0.05) is 27.2 Å². The van der Waals surface area contributed by atoms with Crippen LogP contribution in [0.2, 0.25) is 0 Å². The molecule has 0 amide bonds. The summed E-state index contributed by atoms with van der Waals surface area (Å²) in [4.78, 5) is 11.6. The van der Waals surface area contributed by atoms with E-state index >= 15 is 0 Å². The lowest BCUT2D eigenvalue weighted by Crippen LogP contribution is -2.41. The Morgan fingerprint density at radius 1 is 1.33 bits per heavy atom. The van der Waals surface area contributed by atoms with Crippen molar-refractivity contribution in [3.8, 4) is 0 Å². The van der Waals surface area contributed by atoms with E-state index in [2.05, 4.69) is 20.8 Å². The summed E-state index contributed by atoms with van der Waals surface area (Å²) in [5.74, 6) is -0.107. The number of hydrogen-bond acceptors (Lipinski definition) is 3. The SMILES string of the molecule is COC(=O)C(C)C1(O)CCCC(C(C)(C)C)CC1. The minimum Gasteiger partial charge on any atom is -0.469 e. The van der Waals surface area contributed by atoms with Gasteiger partial charge in [0, 0.05) is 0 Å². The molecule has 3 nitrogen and oxygen atoms in total. The standard InChI is InChI=1S/C15H28O3/c1-11(13(16)18-5)15(17)9-6-7-12(8-10-15)14(2,3)4/h11-12,17H,6-10H2,1-5H3. The summed E-state index contributed by atoms with van der Waals surface area (Å²) in [7, 11) is 1.39. The normalized spacial score (nSPS) is 31.6. The van der Waals surface area contributed by atoms with Crippen molar-refractivity contribution >= 4 is 5.97 Å². The molecule has 0 spiro atoms. The molecule has 1 rings (SSSR count). The Hall–Kier alpha value is -0.570. The molecule has 0 heterocycles. The molecule has 0 radical (unpaired) electrons. The van der Waals surface area contributed by atoms with Gasteiger partial charge in [-0.05, 0) is 43.9 Å². The number of hydrogen-bond donors (Lipinski definition) is 1. The average Bonchev–Trinajstić information content (AvgIpc) is 2.49. The third kappa shape index (κ3) is 3.47. The van der Waals surface area contributed by atoms with Gasteiger partial charge >= 0.3 is 5.97 Å². The molecule has 0 saturated heterocycles. The third-order valence-electron chi connectivity index (χ3n) is 4.67. The second-order valence-corrected chi connectivity index (χ2v) is 6.84. The van der Waals surface area contributed by atoms with Crippen LogP contribution in [-0.4, -0.2) is 23.8 Å². The van der Waals surface area contributed by atoms with Gasteiger partial charge in [0.15, 0.2) is 0 Å². The summed E-state index contributed by atoms with van der Waals surface area (Å²) in [5, 5.41) is 10.7. The molecule has 0 aliphatic heterocycles. The van der Waals surface area contributed by atoms with Crippen molar-refractivity contribution in [2.24, 2.45) is 17.3 Å². The van der Waals surface area contributed by atoms with Gasteiger partial charge < -0.3 is 9.84 Å². The number of ether oxygens (including phenoxy) is 1. The van der Waals surface area contributed by atoms with Crippen LogP contribution in [0.1, 0.15) is 59.8 Å². The zero-order valence-electron chi connectivity index (χ0n) is 12.5. The van der Waals surface area contributed by atoms with Gasteiger partial charge in [0.25, 0.3) is 0 Å². The van der Waals surface area contributed by atoms with E-state index < -0.39 is 11.5 Å². The maximum atomic E-state index is 11.6. The van der Waals surface area contributed by atoms with Crippen LogP contribution in [0.3, 0.4) is 0 Å². The number of aliphatic hydroxyl groups is 1. The van der Waals surface area contributed by atoms with Gasteiger partial charge in [0.05, 0.1) is 18.6 Å². The van der Waals surface area contributed by atoms with Crippen LogP contribution >= 0.6 is 0 Å².